The Bertz CT molecular complexity index is 669. The number of aryl methyl sites for hydroxylation is 1. The van der Waals surface area contributed by atoms with Crippen molar-refractivity contribution in [3.63, 3.8) is 0 Å². The second kappa shape index (κ2) is 10.8. The number of hydrogen-bond donors (Lipinski definition) is 1. The van der Waals surface area contributed by atoms with E-state index in [1.54, 1.807) is 14.2 Å². The Balaban J connectivity index is 0.00000300. The van der Waals surface area contributed by atoms with E-state index in [-0.39, 0.29) is 24.2 Å². The molecule has 162 valence electrons. The van der Waals surface area contributed by atoms with Crippen molar-refractivity contribution in [2.45, 2.75) is 31.3 Å². The number of nitrogens with zero attached hydrogens (tertiary/aromatic N) is 2. The SMILES string of the molecule is COc1ccc(CCC(=O)N2CCN(C(=O)C3(OC)CCNCC3)CC2)cc1.Cl. The largest absolute Gasteiger partial charge is 0.497 e. The Morgan fingerprint density at radius 2 is 1.59 bits per heavy atom. The van der Waals surface area contributed by atoms with Gasteiger partial charge >= 0.3 is 0 Å². The monoisotopic (exact) mass is 425 g/mol. The molecule has 0 saturated carbocycles. The number of methoxy groups -OCH3 is 2. The molecule has 0 bridgehead atoms. The van der Waals surface area contributed by atoms with Crippen molar-refractivity contribution in [2.24, 2.45) is 0 Å². The van der Waals surface area contributed by atoms with Crippen LogP contribution in [-0.4, -0.2) is 80.7 Å². The lowest BCUT2D eigenvalue weighted by Gasteiger charge is -2.42. The fourth-order valence-electron chi connectivity index (χ4n) is 3.98. The van der Waals surface area contributed by atoms with Crippen molar-refractivity contribution in [1.82, 2.24) is 15.1 Å². The minimum atomic E-state index is -0.703. The molecule has 8 heteroatoms. The lowest BCUT2D eigenvalue weighted by atomic mass is 9.90. The van der Waals surface area contributed by atoms with Gasteiger partial charge in [-0.15, -0.1) is 12.4 Å². The van der Waals surface area contributed by atoms with E-state index in [0.29, 0.717) is 51.9 Å². The highest BCUT2D eigenvalue weighted by Gasteiger charge is 2.43. The number of halogens is 1. The average Bonchev–Trinajstić information content (AvgIpc) is 2.77. The van der Waals surface area contributed by atoms with Gasteiger partial charge in [0.25, 0.3) is 5.91 Å². The first-order valence-electron chi connectivity index (χ1n) is 10.0. The second-order valence-electron chi connectivity index (χ2n) is 7.47. The minimum absolute atomic E-state index is 0. The summed E-state index contributed by atoms with van der Waals surface area (Å²) in [6.45, 7) is 3.92. The number of amides is 2. The first kappa shape index (κ1) is 23.4. The fraction of sp³-hybridized carbons (Fsp3) is 0.619. The Hall–Kier alpha value is -1.83. The first-order valence-corrected chi connectivity index (χ1v) is 10.0. The van der Waals surface area contributed by atoms with Crippen molar-refractivity contribution in [2.75, 3.05) is 53.5 Å². The molecule has 1 N–H and O–H groups in total. The number of piperidine rings is 1. The quantitative estimate of drug-likeness (QED) is 0.747. The highest BCUT2D eigenvalue weighted by Crippen LogP contribution is 2.26. The van der Waals surface area contributed by atoms with Crippen LogP contribution in [0.5, 0.6) is 5.75 Å². The highest BCUT2D eigenvalue weighted by molar-refractivity contribution is 5.86. The Morgan fingerprint density at radius 1 is 1.00 bits per heavy atom. The summed E-state index contributed by atoms with van der Waals surface area (Å²) >= 11 is 0. The standard InChI is InChI=1S/C21H31N3O4.ClH/c1-27-18-6-3-17(4-7-18)5-8-19(25)23-13-15-24(16-14-23)20(26)21(28-2)9-11-22-12-10-21;/h3-4,6-7,22H,5,8-16H2,1-2H3;1H. The number of rotatable bonds is 6. The van der Waals surface area contributed by atoms with Crippen LogP contribution in [0.1, 0.15) is 24.8 Å². The molecule has 0 atom stereocenters. The van der Waals surface area contributed by atoms with Crippen molar-refractivity contribution in [3.8, 4) is 5.75 Å². The summed E-state index contributed by atoms with van der Waals surface area (Å²) in [5.74, 6) is 1.03. The third-order valence-electron chi connectivity index (χ3n) is 5.90. The van der Waals surface area contributed by atoms with Gasteiger partial charge in [0.1, 0.15) is 11.4 Å². The Morgan fingerprint density at radius 3 is 2.14 bits per heavy atom. The van der Waals surface area contributed by atoms with Crippen molar-refractivity contribution < 1.29 is 19.1 Å². The number of ether oxygens (including phenoxy) is 2. The third kappa shape index (κ3) is 5.62. The Kier molecular flexibility index (Phi) is 8.74. The smallest absolute Gasteiger partial charge is 0.255 e. The van der Waals surface area contributed by atoms with Gasteiger partial charge in [0.15, 0.2) is 0 Å². The normalized spacial score (nSPS) is 18.7. The second-order valence-corrected chi connectivity index (χ2v) is 7.47. The molecule has 29 heavy (non-hydrogen) atoms. The van der Waals surface area contributed by atoms with E-state index in [1.807, 2.05) is 34.1 Å². The van der Waals surface area contributed by atoms with Gasteiger partial charge < -0.3 is 24.6 Å². The molecule has 2 saturated heterocycles. The van der Waals surface area contributed by atoms with Crippen LogP contribution < -0.4 is 10.1 Å². The van der Waals surface area contributed by atoms with E-state index in [0.717, 1.165) is 24.4 Å². The predicted octanol–water partition coefficient (Wildman–Crippen LogP) is 1.49. The molecule has 0 aliphatic carbocycles. The van der Waals surface area contributed by atoms with Crippen LogP contribution in [0, 0.1) is 0 Å². The van der Waals surface area contributed by atoms with Crippen molar-refractivity contribution >= 4 is 24.2 Å². The average molecular weight is 426 g/mol. The van der Waals surface area contributed by atoms with Gasteiger partial charge in [0, 0.05) is 39.7 Å². The van der Waals surface area contributed by atoms with E-state index in [1.165, 1.54) is 0 Å². The summed E-state index contributed by atoms with van der Waals surface area (Å²) in [6.07, 6.45) is 2.59. The molecule has 0 spiro atoms. The summed E-state index contributed by atoms with van der Waals surface area (Å²) in [4.78, 5) is 29.3. The maximum atomic E-state index is 13.0. The van der Waals surface area contributed by atoms with Crippen molar-refractivity contribution in [3.05, 3.63) is 29.8 Å². The van der Waals surface area contributed by atoms with Crippen molar-refractivity contribution in [1.29, 1.82) is 0 Å². The van der Waals surface area contributed by atoms with E-state index in [9.17, 15) is 9.59 Å². The lowest BCUT2D eigenvalue weighted by molar-refractivity contribution is -0.161. The molecule has 3 rings (SSSR count). The van der Waals surface area contributed by atoms with Crippen LogP contribution in [0.3, 0.4) is 0 Å². The number of carbonyl (C=O) groups excluding carboxylic acids is 2. The van der Waals surface area contributed by atoms with Crippen LogP contribution in [0.4, 0.5) is 0 Å². The zero-order valence-electron chi connectivity index (χ0n) is 17.3. The minimum Gasteiger partial charge on any atom is -0.497 e. The number of hydrogen-bond acceptors (Lipinski definition) is 5. The Labute approximate surface area is 179 Å². The van der Waals surface area contributed by atoms with Gasteiger partial charge in [-0.25, -0.2) is 0 Å². The summed E-state index contributed by atoms with van der Waals surface area (Å²) in [7, 11) is 3.27. The molecule has 0 aromatic heterocycles. The highest BCUT2D eigenvalue weighted by atomic mass is 35.5. The van der Waals surface area contributed by atoms with Gasteiger partial charge in [0.05, 0.1) is 7.11 Å². The maximum Gasteiger partial charge on any atom is 0.255 e. The summed E-state index contributed by atoms with van der Waals surface area (Å²) in [6, 6.07) is 7.81. The molecule has 2 aliphatic heterocycles. The van der Waals surface area contributed by atoms with Crippen LogP contribution in [-0.2, 0) is 20.7 Å². The molecular weight excluding hydrogens is 394 g/mol. The molecule has 1 aromatic carbocycles. The van der Waals surface area contributed by atoms with Gasteiger partial charge in [-0.05, 0) is 50.0 Å². The fourth-order valence-corrected chi connectivity index (χ4v) is 3.98. The number of nitrogens with one attached hydrogen (secondary N) is 1. The number of piperazine rings is 1. The summed E-state index contributed by atoms with van der Waals surface area (Å²) in [5.41, 5.74) is 0.419. The van der Waals surface area contributed by atoms with Crippen LogP contribution in [0.15, 0.2) is 24.3 Å². The van der Waals surface area contributed by atoms with Gasteiger partial charge in [0.2, 0.25) is 5.91 Å². The molecular formula is C21H32ClN3O4. The first-order chi connectivity index (χ1) is 13.6. The molecule has 2 amide bonds. The van der Waals surface area contributed by atoms with E-state index in [2.05, 4.69) is 5.32 Å². The topological polar surface area (TPSA) is 71.1 Å². The van der Waals surface area contributed by atoms with Crippen LogP contribution in [0.25, 0.3) is 0 Å². The van der Waals surface area contributed by atoms with Crippen LogP contribution in [0.2, 0.25) is 0 Å². The summed E-state index contributed by atoms with van der Waals surface area (Å²) in [5, 5.41) is 3.28. The number of benzene rings is 1. The van der Waals surface area contributed by atoms with E-state index in [4.69, 9.17) is 9.47 Å². The molecule has 7 nitrogen and oxygen atoms in total. The lowest BCUT2D eigenvalue weighted by Crippen LogP contribution is -2.59. The molecule has 2 heterocycles. The zero-order valence-corrected chi connectivity index (χ0v) is 18.1. The third-order valence-corrected chi connectivity index (χ3v) is 5.90. The molecule has 1 aromatic rings. The zero-order chi connectivity index (χ0) is 20.0. The predicted molar refractivity (Wildman–Crippen MR) is 114 cm³/mol. The molecule has 2 aliphatic rings. The van der Waals surface area contributed by atoms with E-state index >= 15 is 0 Å². The molecule has 0 unspecified atom stereocenters. The molecule has 0 radical (unpaired) electrons. The number of carbonyl (C=O) groups is 2. The van der Waals surface area contributed by atoms with E-state index < -0.39 is 5.60 Å². The maximum absolute atomic E-state index is 13.0. The summed E-state index contributed by atoms with van der Waals surface area (Å²) < 4.78 is 10.8. The van der Waals surface area contributed by atoms with Gasteiger partial charge in [-0.2, -0.15) is 0 Å². The molecule has 2 fully saturated rings. The van der Waals surface area contributed by atoms with Crippen LogP contribution >= 0.6 is 12.4 Å². The van der Waals surface area contributed by atoms with Gasteiger partial charge in [-0.1, -0.05) is 12.1 Å². The van der Waals surface area contributed by atoms with Gasteiger partial charge in [-0.3, -0.25) is 9.59 Å².